The first kappa shape index (κ1) is 26.8. The molecule has 3 aromatic rings. The van der Waals surface area contributed by atoms with Crippen molar-refractivity contribution in [3.8, 4) is 32.6 Å². The van der Waals surface area contributed by atoms with E-state index in [1.54, 1.807) is 18.2 Å². The van der Waals surface area contributed by atoms with Crippen molar-refractivity contribution in [1.29, 1.82) is 0 Å². The fourth-order valence-electron chi connectivity index (χ4n) is 2.67. The van der Waals surface area contributed by atoms with Gasteiger partial charge in [-0.05, 0) is 38.1 Å². The Bertz CT molecular complexity index is 1210. The first-order valence-corrected chi connectivity index (χ1v) is 12.9. The zero-order valence-electron chi connectivity index (χ0n) is 17.9. The molecule has 1 atom stereocenters. The lowest BCUT2D eigenvalue weighted by atomic mass is 10.2. The predicted molar refractivity (Wildman–Crippen MR) is 128 cm³/mol. The van der Waals surface area contributed by atoms with E-state index < -0.39 is 26.3 Å². The van der Waals surface area contributed by atoms with Crippen LogP contribution in [0.4, 0.5) is 4.39 Å². The fourth-order valence-corrected chi connectivity index (χ4v) is 4.45. The molecule has 0 aliphatic rings. The highest BCUT2D eigenvalue weighted by atomic mass is 35.5. The van der Waals surface area contributed by atoms with Gasteiger partial charge in [0.05, 0.1) is 28.8 Å². The zero-order chi connectivity index (χ0) is 25.0. The van der Waals surface area contributed by atoms with Gasteiger partial charge in [-0.3, -0.25) is 4.52 Å². The summed E-state index contributed by atoms with van der Waals surface area (Å²) in [6, 6.07) is 6.77. The van der Waals surface area contributed by atoms with Gasteiger partial charge in [0.1, 0.15) is 22.4 Å². The number of benzene rings is 2. The van der Waals surface area contributed by atoms with Gasteiger partial charge >= 0.3 is 7.82 Å². The molecule has 0 unspecified atom stereocenters. The fraction of sp³-hybridized carbons (Fsp3) is 0.300. The van der Waals surface area contributed by atoms with Crippen molar-refractivity contribution in [1.82, 2.24) is 10.2 Å². The number of nitrogens with zero attached hydrogens (tertiary/aromatic N) is 2. The average molecular weight is 552 g/mol. The third-order valence-electron chi connectivity index (χ3n) is 4.13. The summed E-state index contributed by atoms with van der Waals surface area (Å²) in [7, 11) is -4.66. The average Bonchev–Trinajstić information content (AvgIpc) is 3.23. The van der Waals surface area contributed by atoms with Crippen molar-refractivity contribution in [2.75, 3.05) is 13.2 Å². The van der Waals surface area contributed by atoms with Crippen LogP contribution >= 0.6 is 42.4 Å². The third kappa shape index (κ3) is 7.34. The zero-order valence-corrected chi connectivity index (χ0v) is 21.2. The second kappa shape index (κ2) is 11.3. The van der Waals surface area contributed by atoms with Crippen LogP contribution < -0.4 is 15.2 Å². The summed E-state index contributed by atoms with van der Waals surface area (Å²) in [5.41, 5.74) is 6.69. The first-order chi connectivity index (χ1) is 15.9. The van der Waals surface area contributed by atoms with E-state index in [0.717, 1.165) is 6.07 Å². The number of nitrogens with two attached hydrogens (primary N) is 1. The number of phosphoric ester groups is 1. The van der Waals surface area contributed by atoms with Crippen molar-refractivity contribution in [2.45, 2.75) is 26.0 Å². The molecule has 0 aliphatic heterocycles. The summed E-state index contributed by atoms with van der Waals surface area (Å²) in [4.78, 5) is 17.4. The summed E-state index contributed by atoms with van der Waals surface area (Å²) in [6.07, 6.45) is -0.0238. The van der Waals surface area contributed by atoms with Crippen LogP contribution in [0.5, 0.6) is 11.5 Å². The number of rotatable bonds is 10. The van der Waals surface area contributed by atoms with E-state index in [1.807, 2.05) is 13.8 Å². The molecule has 3 rings (SSSR count). The normalized spacial score (nSPS) is 12.7. The van der Waals surface area contributed by atoms with Crippen LogP contribution in [-0.4, -0.2) is 45.3 Å². The van der Waals surface area contributed by atoms with Gasteiger partial charge in [-0.15, -0.1) is 10.2 Å². The molecule has 0 spiro atoms. The molecule has 34 heavy (non-hydrogen) atoms. The highest BCUT2D eigenvalue weighted by molar-refractivity contribution is 7.46. The number of halogens is 3. The molecular weight excluding hydrogens is 531 g/mol. The maximum absolute atomic E-state index is 14.6. The maximum atomic E-state index is 14.6. The van der Waals surface area contributed by atoms with E-state index in [0.29, 0.717) is 31.9 Å². The van der Waals surface area contributed by atoms with Gasteiger partial charge in [0, 0.05) is 17.2 Å². The van der Waals surface area contributed by atoms with Gasteiger partial charge in [0.2, 0.25) is 0 Å². The minimum absolute atomic E-state index is 0.0238. The Morgan fingerprint density at radius 2 is 1.79 bits per heavy atom. The summed E-state index contributed by atoms with van der Waals surface area (Å²) >= 11 is 13.8. The quantitative estimate of drug-likeness (QED) is 0.299. The van der Waals surface area contributed by atoms with Crippen LogP contribution in [0, 0.1) is 5.82 Å². The molecule has 14 heteroatoms. The smallest absolute Gasteiger partial charge is 0.469 e. The lowest BCUT2D eigenvalue weighted by Gasteiger charge is -2.15. The highest BCUT2D eigenvalue weighted by Crippen LogP contribution is 2.39. The van der Waals surface area contributed by atoms with Crippen molar-refractivity contribution >= 4 is 42.4 Å². The van der Waals surface area contributed by atoms with Crippen LogP contribution in [0.15, 0.2) is 30.3 Å². The number of phosphoric acid groups is 1. The summed E-state index contributed by atoms with van der Waals surface area (Å²) in [5.74, 6) is -0.353. The second-order valence-corrected chi connectivity index (χ2v) is 10.4. The molecule has 0 fully saturated rings. The molecule has 0 saturated heterocycles. The van der Waals surface area contributed by atoms with Crippen LogP contribution in [0.2, 0.25) is 10.0 Å². The molecule has 0 radical (unpaired) electrons. The van der Waals surface area contributed by atoms with Gasteiger partial charge < -0.3 is 25.0 Å². The molecule has 2 aromatic carbocycles. The number of hydrogen-bond donors (Lipinski definition) is 3. The van der Waals surface area contributed by atoms with Crippen LogP contribution in [0.25, 0.3) is 21.1 Å². The monoisotopic (exact) mass is 551 g/mol. The molecule has 0 bridgehead atoms. The number of aromatic nitrogens is 2. The third-order valence-corrected chi connectivity index (χ3v) is 6.23. The largest absolute Gasteiger partial charge is 0.489 e. The van der Waals surface area contributed by atoms with Crippen LogP contribution in [0.1, 0.15) is 13.8 Å². The molecular formula is C20H21Cl2FN3O6PS. The molecule has 9 nitrogen and oxygen atoms in total. The highest BCUT2D eigenvalue weighted by Gasteiger charge is 2.19. The lowest BCUT2D eigenvalue weighted by Crippen LogP contribution is -2.32. The molecule has 1 aromatic heterocycles. The van der Waals surface area contributed by atoms with E-state index in [4.69, 9.17) is 48.2 Å². The maximum Gasteiger partial charge on any atom is 0.469 e. The lowest BCUT2D eigenvalue weighted by molar-refractivity contribution is 0.164. The Hall–Kier alpha value is -1.82. The van der Waals surface area contributed by atoms with Gasteiger partial charge in [-0.1, -0.05) is 34.5 Å². The Morgan fingerprint density at radius 3 is 2.44 bits per heavy atom. The Labute approximate surface area is 208 Å². The van der Waals surface area contributed by atoms with E-state index in [9.17, 15) is 8.96 Å². The van der Waals surface area contributed by atoms with Gasteiger partial charge in [0.15, 0.2) is 11.6 Å². The van der Waals surface area contributed by atoms with Crippen LogP contribution in [-0.2, 0) is 9.09 Å². The van der Waals surface area contributed by atoms with Crippen molar-refractivity contribution < 1.29 is 32.7 Å². The molecule has 0 aliphatic carbocycles. The topological polar surface area (TPSA) is 137 Å². The number of hydrogen-bond acceptors (Lipinski definition) is 8. The first-order valence-electron chi connectivity index (χ1n) is 9.81. The summed E-state index contributed by atoms with van der Waals surface area (Å²) in [6.45, 7) is 3.07. The van der Waals surface area contributed by atoms with Gasteiger partial charge in [0.25, 0.3) is 0 Å². The molecule has 1 heterocycles. The minimum Gasteiger partial charge on any atom is -0.489 e. The number of ether oxygens (including phenoxy) is 2. The molecule has 0 amide bonds. The Morgan fingerprint density at radius 1 is 1.09 bits per heavy atom. The van der Waals surface area contributed by atoms with E-state index in [2.05, 4.69) is 14.7 Å². The standard InChI is InChI=1S/C20H21Cl2FN3O6PS/c1-10(2)32-17-4-3-11(5-15(17)22)19-25-26-20(34-19)13-6-16(23)18(7-14(13)21)30-8-12(24)9-31-33(27,28)29/h3-7,10,12H,8-9,24H2,1-2H3,(H2,27,28,29)/t12-/m1/s1. The van der Waals surface area contributed by atoms with E-state index >= 15 is 0 Å². The van der Waals surface area contributed by atoms with E-state index in [1.165, 1.54) is 17.4 Å². The van der Waals surface area contributed by atoms with Crippen molar-refractivity contribution in [2.24, 2.45) is 5.73 Å². The predicted octanol–water partition coefficient (Wildman–Crippen LogP) is 4.92. The van der Waals surface area contributed by atoms with Gasteiger partial charge in [-0.2, -0.15) is 0 Å². The Balaban J connectivity index is 1.73. The summed E-state index contributed by atoms with van der Waals surface area (Å²) < 4.78 is 40.5. The van der Waals surface area contributed by atoms with E-state index in [-0.39, 0.29) is 23.5 Å². The molecule has 4 N–H and O–H groups in total. The molecule has 0 saturated carbocycles. The van der Waals surface area contributed by atoms with Crippen molar-refractivity contribution in [3.05, 3.63) is 46.2 Å². The molecule has 184 valence electrons. The minimum atomic E-state index is -4.66. The Kier molecular flexibility index (Phi) is 8.88. The van der Waals surface area contributed by atoms with Gasteiger partial charge in [-0.25, -0.2) is 8.96 Å². The summed E-state index contributed by atoms with van der Waals surface area (Å²) in [5, 5.41) is 9.79. The van der Waals surface area contributed by atoms with Crippen LogP contribution in [0.3, 0.4) is 0 Å². The SMILES string of the molecule is CC(C)Oc1ccc(-c2nnc(-c3cc(F)c(OC[C@@H](N)COP(=O)(O)O)cc3Cl)s2)cc1Cl. The second-order valence-electron chi connectivity index (χ2n) is 7.34. The van der Waals surface area contributed by atoms with Crippen molar-refractivity contribution in [3.63, 3.8) is 0 Å².